The molecular formula is C23H30O7. The SMILES string of the molecule is CCOC(=O)C(CO)c1cccc(OC)c1.CCOC(=O)Cc1cccc(OC)c1. The molecule has 0 saturated heterocycles. The van der Waals surface area contributed by atoms with Crippen LogP contribution in [0.5, 0.6) is 11.5 Å². The molecule has 0 bridgehead atoms. The number of aliphatic hydroxyl groups excluding tert-OH is 1. The summed E-state index contributed by atoms with van der Waals surface area (Å²) in [7, 11) is 3.15. The van der Waals surface area contributed by atoms with Gasteiger partial charge in [0.1, 0.15) is 17.4 Å². The fourth-order valence-corrected chi connectivity index (χ4v) is 2.58. The van der Waals surface area contributed by atoms with Gasteiger partial charge in [0.05, 0.1) is 40.5 Å². The van der Waals surface area contributed by atoms with E-state index in [0.29, 0.717) is 30.9 Å². The smallest absolute Gasteiger partial charge is 0.315 e. The standard InChI is InChI=1S/C12H16O4.C11H14O3/c1-3-16-12(14)11(8-13)9-5-4-6-10(7-9)15-2;1-3-14-11(12)8-9-5-4-6-10(7-9)13-2/h4-7,11,13H,3,8H2,1-2H3;4-7H,3,8H2,1-2H3. The third-order valence-corrected chi connectivity index (χ3v) is 4.04. The van der Waals surface area contributed by atoms with Crippen LogP contribution in [0.3, 0.4) is 0 Å². The van der Waals surface area contributed by atoms with Gasteiger partial charge in [-0.05, 0) is 49.2 Å². The third kappa shape index (κ3) is 8.53. The van der Waals surface area contributed by atoms with Crippen molar-refractivity contribution in [2.45, 2.75) is 26.2 Å². The van der Waals surface area contributed by atoms with E-state index < -0.39 is 11.9 Å². The van der Waals surface area contributed by atoms with Gasteiger partial charge in [0.2, 0.25) is 0 Å². The van der Waals surface area contributed by atoms with E-state index in [1.54, 1.807) is 52.3 Å². The fraction of sp³-hybridized carbons (Fsp3) is 0.391. The number of hydrogen-bond donors (Lipinski definition) is 1. The normalized spacial score (nSPS) is 10.8. The van der Waals surface area contributed by atoms with E-state index >= 15 is 0 Å². The van der Waals surface area contributed by atoms with E-state index in [0.717, 1.165) is 11.3 Å². The molecule has 0 saturated carbocycles. The lowest BCUT2D eigenvalue weighted by Crippen LogP contribution is -2.19. The van der Waals surface area contributed by atoms with Crippen LogP contribution < -0.4 is 9.47 Å². The van der Waals surface area contributed by atoms with E-state index in [4.69, 9.17) is 18.9 Å². The van der Waals surface area contributed by atoms with Gasteiger partial charge in [-0.15, -0.1) is 0 Å². The maximum Gasteiger partial charge on any atom is 0.315 e. The molecule has 0 spiro atoms. The number of carbonyl (C=O) groups excluding carboxylic acids is 2. The minimum Gasteiger partial charge on any atom is -0.497 e. The van der Waals surface area contributed by atoms with Gasteiger partial charge >= 0.3 is 11.9 Å². The Morgan fingerprint density at radius 3 is 2.07 bits per heavy atom. The minimum atomic E-state index is -0.643. The number of rotatable bonds is 9. The molecule has 0 aliphatic rings. The summed E-state index contributed by atoms with van der Waals surface area (Å²) in [6, 6.07) is 14.4. The number of hydrogen-bond acceptors (Lipinski definition) is 7. The van der Waals surface area contributed by atoms with Crippen LogP contribution in [0.4, 0.5) is 0 Å². The van der Waals surface area contributed by atoms with E-state index in [9.17, 15) is 14.7 Å². The highest BCUT2D eigenvalue weighted by atomic mass is 16.5. The van der Waals surface area contributed by atoms with Gasteiger partial charge in [-0.25, -0.2) is 0 Å². The van der Waals surface area contributed by atoms with Crippen LogP contribution in [-0.4, -0.2) is 51.1 Å². The van der Waals surface area contributed by atoms with Gasteiger partial charge < -0.3 is 24.1 Å². The number of methoxy groups -OCH3 is 2. The molecule has 1 N–H and O–H groups in total. The highest BCUT2D eigenvalue weighted by Gasteiger charge is 2.21. The highest BCUT2D eigenvalue weighted by Crippen LogP contribution is 2.21. The first-order valence-electron chi connectivity index (χ1n) is 9.68. The number of ether oxygens (including phenoxy) is 4. The molecule has 0 radical (unpaired) electrons. The van der Waals surface area contributed by atoms with Crippen molar-refractivity contribution in [3.05, 3.63) is 59.7 Å². The second-order valence-electron chi connectivity index (χ2n) is 6.10. The summed E-state index contributed by atoms with van der Waals surface area (Å²) >= 11 is 0. The molecule has 2 aromatic carbocycles. The summed E-state index contributed by atoms with van der Waals surface area (Å²) in [4.78, 5) is 22.7. The van der Waals surface area contributed by atoms with Crippen molar-refractivity contribution >= 4 is 11.9 Å². The van der Waals surface area contributed by atoms with Crippen molar-refractivity contribution in [3.8, 4) is 11.5 Å². The quantitative estimate of drug-likeness (QED) is 0.626. The minimum absolute atomic E-state index is 0.208. The Morgan fingerprint density at radius 2 is 1.50 bits per heavy atom. The molecule has 0 aliphatic heterocycles. The van der Waals surface area contributed by atoms with E-state index in [1.165, 1.54) is 0 Å². The van der Waals surface area contributed by atoms with Crippen molar-refractivity contribution < 1.29 is 33.6 Å². The number of benzene rings is 2. The van der Waals surface area contributed by atoms with Crippen molar-refractivity contribution in [3.63, 3.8) is 0 Å². The van der Waals surface area contributed by atoms with Crippen LogP contribution in [0.25, 0.3) is 0 Å². The Hall–Kier alpha value is -3.06. The van der Waals surface area contributed by atoms with Crippen molar-refractivity contribution in [2.75, 3.05) is 34.0 Å². The largest absolute Gasteiger partial charge is 0.497 e. The van der Waals surface area contributed by atoms with Crippen molar-refractivity contribution in [1.29, 1.82) is 0 Å². The van der Waals surface area contributed by atoms with Crippen molar-refractivity contribution in [1.82, 2.24) is 0 Å². The Kier molecular flexibility index (Phi) is 11.7. The van der Waals surface area contributed by atoms with E-state index in [1.807, 2.05) is 24.3 Å². The molecule has 1 unspecified atom stereocenters. The Balaban J connectivity index is 0.000000303. The molecular weight excluding hydrogens is 388 g/mol. The maximum atomic E-state index is 11.6. The van der Waals surface area contributed by atoms with E-state index in [2.05, 4.69) is 0 Å². The first-order valence-corrected chi connectivity index (χ1v) is 9.68. The summed E-state index contributed by atoms with van der Waals surface area (Å²) in [5.74, 6) is 0.140. The first kappa shape index (κ1) is 25.0. The topological polar surface area (TPSA) is 91.3 Å². The lowest BCUT2D eigenvalue weighted by atomic mass is 10.00. The van der Waals surface area contributed by atoms with Gasteiger partial charge in [0.15, 0.2) is 0 Å². The molecule has 164 valence electrons. The number of aliphatic hydroxyl groups is 1. The Labute approximate surface area is 177 Å². The highest BCUT2D eigenvalue weighted by molar-refractivity contribution is 5.78. The molecule has 0 fully saturated rings. The molecule has 2 aromatic rings. The zero-order valence-electron chi connectivity index (χ0n) is 17.9. The van der Waals surface area contributed by atoms with Crippen LogP contribution >= 0.6 is 0 Å². The van der Waals surface area contributed by atoms with Crippen LogP contribution in [0.2, 0.25) is 0 Å². The summed E-state index contributed by atoms with van der Waals surface area (Å²) < 4.78 is 19.8. The molecule has 0 aromatic heterocycles. The molecule has 0 heterocycles. The average Bonchev–Trinajstić information content (AvgIpc) is 2.75. The average molecular weight is 418 g/mol. The summed E-state index contributed by atoms with van der Waals surface area (Å²) in [6.07, 6.45) is 0.297. The lowest BCUT2D eigenvalue weighted by molar-refractivity contribution is -0.146. The second-order valence-corrected chi connectivity index (χ2v) is 6.10. The fourth-order valence-electron chi connectivity index (χ4n) is 2.58. The van der Waals surface area contributed by atoms with Crippen LogP contribution in [0.1, 0.15) is 30.9 Å². The molecule has 7 nitrogen and oxygen atoms in total. The summed E-state index contributed by atoms with van der Waals surface area (Å²) in [6.45, 7) is 3.98. The number of carbonyl (C=O) groups is 2. The van der Waals surface area contributed by atoms with Crippen molar-refractivity contribution in [2.24, 2.45) is 0 Å². The van der Waals surface area contributed by atoms with Crippen LogP contribution in [0, 0.1) is 0 Å². The first-order chi connectivity index (χ1) is 14.5. The molecule has 0 aliphatic carbocycles. The zero-order chi connectivity index (χ0) is 22.4. The zero-order valence-corrected chi connectivity index (χ0v) is 17.9. The second kappa shape index (κ2) is 14.0. The van der Waals surface area contributed by atoms with Gasteiger partial charge in [-0.1, -0.05) is 24.3 Å². The lowest BCUT2D eigenvalue weighted by Gasteiger charge is -2.13. The predicted molar refractivity (Wildman–Crippen MR) is 113 cm³/mol. The van der Waals surface area contributed by atoms with Crippen LogP contribution in [-0.2, 0) is 25.5 Å². The summed E-state index contributed by atoms with van der Waals surface area (Å²) in [5, 5.41) is 9.20. The van der Waals surface area contributed by atoms with E-state index in [-0.39, 0.29) is 12.6 Å². The van der Waals surface area contributed by atoms with Gasteiger partial charge in [-0.3, -0.25) is 9.59 Å². The molecule has 0 amide bonds. The maximum absolute atomic E-state index is 11.6. The molecule has 7 heteroatoms. The molecule has 30 heavy (non-hydrogen) atoms. The molecule has 2 rings (SSSR count). The van der Waals surface area contributed by atoms with Gasteiger partial charge in [0, 0.05) is 0 Å². The summed E-state index contributed by atoms with van der Waals surface area (Å²) in [5.41, 5.74) is 1.60. The Bertz CT molecular complexity index is 789. The Morgan fingerprint density at radius 1 is 0.900 bits per heavy atom. The van der Waals surface area contributed by atoms with Crippen LogP contribution in [0.15, 0.2) is 48.5 Å². The molecule has 1 atom stereocenters. The number of esters is 2. The predicted octanol–water partition coefficient (Wildman–Crippen LogP) is 3.14. The third-order valence-electron chi connectivity index (χ3n) is 4.04. The van der Waals surface area contributed by atoms with Gasteiger partial charge in [0.25, 0.3) is 0 Å². The monoisotopic (exact) mass is 418 g/mol. The van der Waals surface area contributed by atoms with Gasteiger partial charge in [-0.2, -0.15) is 0 Å².